The molecule has 94 valence electrons. The second-order valence-electron chi connectivity index (χ2n) is 3.13. The summed E-state index contributed by atoms with van der Waals surface area (Å²) in [6.45, 7) is 2.03. The van der Waals surface area contributed by atoms with Gasteiger partial charge in [0.15, 0.2) is 4.34 Å². The van der Waals surface area contributed by atoms with Crippen LogP contribution in [-0.4, -0.2) is 22.0 Å². The van der Waals surface area contributed by atoms with E-state index < -0.39 is 6.09 Å². The van der Waals surface area contributed by atoms with Crippen molar-refractivity contribution in [1.29, 1.82) is 0 Å². The molecule has 0 saturated heterocycles. The third-order valence-electron chi connectivity index (χ3n) is 1.84. The van der Waals surface area contributed by atoms with Crippen LogP contribution in [0.25, 0.3) is 0 Å². The molecule has 2 aromatic rings. The molecule has 0 saturated carbocycles. The first kappa shape index (κ1) is 12.8. The average Bonchev–Trinajstić information content (AvgIpc) is 2.78. The summed E-state index contributed by atoms with van der Waals surface area (Å²) in [5.74, 6) is 1.41. The molecule has 0 unspecified atom stereocenters. The van der Waals surface area contributed by atoms with Crippen molar-refractivity contribution in [1.82, 2.24) is 10.2 Å². The van der Waals surface area contributed by atoms with Gasteiger partial charge in [-0.1, -0.05) is 48.2 Å². The van der Waals surface area contributed by atoms with Gasteiger partial charge in [-0.3, -0.25) is 5.32 Å². The number of rotatable bonds is 4. The Morgan fingerprint density at radius 3 is 2.89 bits per heavy atom. The van der Waals surface area contributed by atoms with E-state index in [2.05, 4.69) is 15.5 Å². The summed E-state index contributed by atoms with van der Waals surface area (Å²) in [5, 5.41) is 10.8. The Kier molecular flexibility index (Phi) is 4.54. The summed E-state index contributed by atoms with van der Waals surface area (Å²) >= 11 is 2.91. The van der Waals surface area contributed by atoms with Crippen molar-refractivity contribution in [2.45, 2.75) is 11.3 Å². The number of nitrogens with one attached hydrogen (secondary N) is 1. The molecule has 0 aliphatic rings. The highest BCUT2D eigenvalue weighted by atomic mass is 32.2. The van der Waals surface area contributed by atoms with E-state index in [-0.39, 0.29) is 0 Å². The Hall–Kier alpha value is -1.60. The molecule has 1 heterocycles. The van der Waals surface area contributed by atoms with Gasteiger partial charge in [-0.25, -0.2) is 4.79 Å². The van der Waals surface area contributed by atoms with E-state index in [0.29, 0.717) is 10.9 Å². The highest BCUT2D eigenvalue weighted by molar-refractivity contribution is 8.01. The van der Waals surface area contributed by atoms with Gasteiger partial charge in [0.05, 0.1) is 0 Å². The summed E-state index contributed by atoms with van der Waals surface area (Å²) in [6.07, 6.45) is -0.564. The number of hydrogen-bond acceptors (Lipinski definition) is 6. The Labute approximate surface area is 113 Å². The predicted molar refractivity (Wildman–Crippen MR) is 72.4 cm³/mol. The van der Waals surface area contributed by atoms with E-state index in [4.69, 9.17) is 4.74 Å². The molecular formula is C11H11N3O2S2. The minimum Gasteiger partial charge on any atom is -0.410 e. The zero-order valence-electron chi connectivity index (χ0n) is 9.62. The van der Waals surface area contributed by atoms with Crippen molar-refractivity contribution < 1.29 is 9.53 Å². The second kappa shape index (κ2) is 6.36. The third kappa shape index (κ3) is 3.71. The molecule has 2 rings (SSSR count). The van der Waals surface area contributed by atoms with Crippen molar-refractivity contribution in [3.8, 4) is 5.75 Å². The van der Waals surface area contributed by atoms with Gasteiger partial charge < -0.3 is 4.74 Å². The van der Waals surface area contributed by atoms with Gasteiger partial charge in [0.2, 0.25) is 5.13 Å². The number of ether oxygens (including phenoxy) is 1. The summed E-state index contributed by atoms with van der Waals surface area (Å²) in [4.78, 5) is 11.5. The standard InChI is InChI=1S/C11H11N3O2S2/c1-2-17-11-14-13-9(18-11)12-10(15)16-8-6-4-3-5-7-8/h3-7H,2H2,1H3,(H,12,13,15). The van der Waals surface area contributed by atoms with Crippen LogP contribution < -0.4 is 10.1 Å². The number of amides is 1. The maximum absolute atomic E-state index is 11.5. The van der Waals surface area contributed by atoms with Crippen LogP contribution in [0.5, 0.6) is 5.75 Å². The van der Waals surface area contributed by atoms with Crippen molar-refractivity contribution >= 4 is 34.3 Å². The number of carbonyl (C=O) groups excluding carboxylic acids is 1. The van der Waals surface area contributed by atoms with Gasteiger partial charge in [-0.2, -0.15) is 0 Å². The van der Waals surface area contributed by atoms with Crippen LogP contribution in [0.2, 0.25) is 0 Å². The van der Waals surface area contributed by atoms with Crippen LogP contribution in [0, 0.1) is 0 Å². The number of benzene rings is 1. The lowest BCUT2D eigenvalue weighted by molar-refractivity contribution is 0.215. The topological polar surface area (TPSA) is 64.1 Å². The molecule has 1 amide bonds. The molecule has 0 aliphatic carbocycles. The molecule has 18 heavy (non-hydrogen) atoms. The van der Waals surface area contributed by atoms with Crippen LogP contribution >= 0.6 is 23.1 Å². The zero-order chi connectivity index (χ0) is 12.8. The molecule has 0 fully saturated rings. The number of anilines is 1. The normalized spacial score (nSPS) is 10.1. The molecule has 1 aromatic carbocycles. The summed E-state index contributed by atoms with van der Waals surface area (Å²) in [5.41, 5.74) is 0. The minimum absolute atomic E-state index is 0.437. The van der Waals surface area contributed by atoms with Crippen molar-refractivity contribution in [3.05, 3.63) is 30.3 Å². The molecule has 0 spiro atoms. The lowest BCUT2D eigenvalue weighted by atomic mass is 10.3. The number of para-hydroxylation sites is 1. The van der Waals surface area contributed by atoms with E-state index in [9.17, 15) is 4.79 Å². The maximum Gasteiger partial charge on any atom is 0.418 e. The molecular weight excluding hydrogens is 270 g/mol. The quantitative estimate of drug-likeness (QED) is 0.688. The molecule has 0 radical (unpaired) electrons. The summed E-state index contributed by atoms with van der Waals surface area (Å²) < 4.78 is 5.90. The van der Waals surface area contributed by atoms with E-state index >= 15 is 0 Å². The second-order valence-corrected chi connectivity index (χ2v) is 5.62. The highest BCUT2D eigenvalue weighted by Gasteiger charge is 2.09. The van der Waals surface area contributed by atoms with Gasteiger partial charge in [0.1, 0.15) is 5.75 Å². The van der Waals surface area contributed by atoms with Crippen LogP contribution in [0.4, 0.5) is 9.93 Å². The Balaban J connectivity index is 1.90. The molecule has 1 aromatic heterocycles. The molecule has 0 aliphatic heterocycles. The fourth-order valence-electron chi connectivity index (χ4n) is 1.15. The van der Waals surface area contributed by atoms with E-state index in [1.165, 1.54) is 11.3 Å². The van der Waals surface area contributed by atoms with Crippen molar-refractivity contribution in [3.63, 3.8) is 0 Å². The lowest BCUT2D eigenvalue weighted by Crippen LogP contribution is -2.16. The average molecular weight is 281 g/mol. The van der Waals surface area contributed by atoms with Gasteiger partial charge in [-0.05, 0) is 17.9 Å². The van der Waals surface area contributed by atoms with E-state index in [1.54, 1.807) is 36.0 Å². The Morgan fingerprint density at radius 1 is 1.39 bits per heavy atom. The van der Waals surface area contributed by atoms with Gasteiger partial charge in [0.25, 0.3) is 0 Å². The van der Waals surface area contributed by atoms with Gasteiger partial charge >= 0.3 is 6.09 Å². The fourth-order valence-corrected chi connectivity index (χ4v) is 2.79. The predicted octanol–water partition coefficient (Wildman–Crippen LogP) is 3.26. The number of nitrogens with zero attached hydrogens (tertiary/aromatic N) is 2. The Bertz CT molecular complexity index is 516. The van der Waals surface area contributed by atoms with Crippen molar-refractivity contribution in [2.24, 2.45) is 0 Å². The first-order valence-electron chi connectivity index (χ1n) is 5.28. The SMILES string of the molecule is CCSc1nnc(NC(=O)Oc2ccccc2)s1. The fraction of sp³-hybridized carbons (Fsp3) is 0.182. The summed E-state index contributed by atoms with van der Waals surface area (Å²) in [6, 6.07) is 8.85. The molecule has 0 atom stereocenters. The zero-order valence-corrected chi connectivity index (χ0v) is 11.3. The maximum atomic E-state index is 11.5. The van der Waals surface area contributed by atoms with E-state index in [0.717, 1.165) is 10.1 Å². The smallest absolute Gasteiger partial charge is 0.410 e. The monoisotopic (exact) mass is 281 g/mol. The number of carbonyl (C=O) groups is 1. The van der Waals surface area contributed by atoms with Crippen LogP contribution in [0.1, 0.15) is 6.92 Å². The van der Waals surface area contributed by atoms with Gasteiger partial charge in [-0.15, -0.1) is 10.2 Å². The first-order valence-corrected chi connectivity index (χ1v) is 7.08. The van der Waals surface area contributed by atoms with Crippen molar-refractivity contribution in [2.75, 3.05) is 11.1 Å². The van der Waals surface area contributed by atoms with Gasteiger partial charge in [0, 0.05) is 0 Å². The minimum atomic E-state index is -0.564. The number of hydrogen-bond donors (Lipinski definition) is 1. The summed E-state index contributed by atoms with van der Waals surface area (Å²) in [7, 11) is 0. The highest BCUT2D eigenvalue weighted by Crippen LogP contribution is 2.25. The van der Waals surface area contributed by atoms with Crippen LogP contribution in [0.15, 0.2) is 34.7 Å². The molecule has 1 N–H and O–H groups in total. The van der Waals surface area contributed by atoms with E-state index in [1.807, 2.05) is 13.0 Å². The number of thioether (sulfide) groups is 1. The molecule has 5 nitrogen and oxygen atoms in total. The lowest BCUT2D eigenvalue weighted by Gasteiger charge is -2.02. The first-order chi connectivity index (χ1) is 8.78. The van der Waals surface area contributed by atoms with Crippen LogP contribution in [-0.2, 0) is 0 Å². The largest absolute Gasteiger partial charge is 0.418 e. The third-order valence-corrected chi connectivity index (χ3v) is 3.69. The number of aromatic nitrogens is 2. The Morgan fingerprint density at radius 2 is 2.17 bits per heavy atom. The molecule has 7 heteroatoms. The molecule has 0 bridgehead atoms. The van der Waals surface area contributed by atoms with Crippen LogP contribution in [0.3, 0.4) is 0 Å².